The van der Waals surface area contributed by atoms with Gasteiger partial charge in [0.05, 0.1) is 0 Å². The van der Waals surface area contributed by atoms with Gasteiger partial charge in [0.25, 0.3) is 10.0 Å². The van der Waals surface area contributed by atoms with Gasteiger partial charge < -0.3 is 5.32 Å². The molecule has 1 heterocycles. The summed E-state index contributed by atoms with van der Waals surface area (Å²) in [6.07, 6.45) is 1.96. The summed E-state index contributed by atoms with van der Waals surface area (Å²) in [5.41, 5.74) is 1.55. The molecule has 0 amide bonds. The lowest BCUT2D eigenvalue weighted by Gasteiger charge is -2.07. The van der Waals surface area contributed by atoms with Gasteiger partial charge in [0, 0.05) is 17.1 Å². The SMILES string of the molecule is CNCc1csc(S(=O)(=O)Nc2cccc(SC)c2)c1. The first kappa shape index (κ1) is 15.4. The molecule has 0 unspecified atom stereocenters. The zero-order chi connectivity index (χ0) is 14.6. The predicted octanol–water partition coefficient (Wildman–Crippen LogP) is 2.99. The quantitative estimate of drug-likeness (QED) is 0.801. The lowest BCUT2D eigenvalue weighted by Crippen LogP contribution is -2.11. The van der Waals surface area contributed by atoms with Crippen LogP contribution < -0.4 is 10.0 Å². The number of rotatable bonds is 6. The second kappa shape index (κ2) is 6.62. The van der Waals surface area contributed by atoms with Gasteiger partial charge in [0.2, 0.25) is 0 Å². The Bertz CT molecular complexity index is 680. The van der Waals surface area contributed by atoms with Gasteiger partial charge in [0.15, 0.2) is 0 Å². The van der Waals surface area contributed by atoms with Gasteiger partial charge in [-0.05, 0) is 48.5 Å². The van der Waals surface area contributed by atoms with E-state index >= 15 is 0 Å². The highest BCUT2D eigenvalue weighted by Gasteiger charge is 2.16. The average molecular weight is 328 g/mol. The van der Waals surface area contributed by atoms with Crippen molar-refractivity contribution in [1.29, 1.82) is 0 Å². The number of hydrogen-bond acceptors (Lipinski definition) is 5. The third-order valence-electron chi connectivity index (χ3n) is 2.60. The van der Waals surface area contributed by atoms with Gasteiger partial charge >= 0.3 is 0 Å². The molecule has 1 aromatic heterocycles. The summed E-state index contributed by atoms with van der Waals surface area (Å²) >= 11 is 2.80. The van der Waals surface area contributed by atoms with Crippen LogP contribution >= 0.6 is 23.1 Å². The van der Waals surface area contributed by atoms with E-state index in [2.05, 4.69) is 10.0 Å². The minimum absolute atomic E-state index is 0.331. The average Bonchev–Trinajstić information content (AvgIpc) is 2.88. The molecule has 0 spiro atoms. The molecular formula is C13H16N2O2S3. The van der Waals surface area contributed by atoms with Crippen molar-refractivity contribution < 1.29 is 8.42 Å². The lowest BCUT2D eigenvalue weighted by molar-refractivity contribution is 0.603. The summed E-state index contributed by atoms with van der Waals surface area (Å²) in [5, 5.41) is 4.85. The van der Waals surface area contributed by atoms with Crippen LogP contribution in [0.3, 0.4) is 0 Å². The minimum Gasteiger partial charge on any atom is -0.316 e. The predicted molar refractivity (Wildman–Crippen MR) is 86.1 cm³/mol. The number of benzene rings is 1. The number of thiophene rings is 1. The smallest absolute Gasteiger partial charge is 0.271 e. The Morgan fingerprint density at radius 2 is 2.10 bits per heavy atom. The zero-order valence-corrected chi connectivity index (χ0v) is 13.7. The first-order valence-corrected chi connectivity index (χ1v) is 9.53. The van der Waals surface area contributed by atoms with Gasteiger partial charge in [0.1, 0.15) is 4.21 Å². The molecule has 0 radical (unpaired) electrons. The zero-order valence-electron chi connectivity index (χ0n) is 11.2. The van der Waals surface area contributed by atoms with Crippen LogP contribution in [0.2, 0.25) is 0 Å². The van der Waals surface area contributed by atoms with E-state index in [0.717, 1.165) is 10.5 Å². The van der Waals surface area contributed by atoms with Crippen LogP contribution in [0.5, 0.6) is 0 Å². The van der Waals surface area contributed by atoms with Crippen molar-refractivity contribution in [3.8, 4) is 0 Å². The molecular weight excluding hydrogens is 312 g/mol. The van der Waals surface area contributed by atoms with E-state index in [0.29, 0.717) is 16.4 Å². The van der Waals surface area contributed by atoms with Crippen molar-refractivity contribution >= 4 is 38.8 Å². The van der Waals surface area contributed by atoms with Crippen molar-refractivity contribution in [2.45, 2.75) is 15.6 Å². The Morgan fingerprint density at radius 3 is 2.80 bits per heavy atom. The summed E-state index contributed by atoms with van der Waals surface area (Å²) in [6.45, 7) is 0.661. The molecule has 0 aliphatic rings. The number of sulfonamides is 1. The van der Waals surface area contributed by atoms with Crippen LogP contribution in [0, 0.1) is 0 Å². The Morgan fingerprint density at radius 1 is 1.30 bits per heavy atom. The first-order chi connectivity index (χ1) is 9.55. The van der Waals surface area contributed by atoms with E-state index in [9.17, 15) is 8.42 Å². The van der Waals surface area contributed by atoms with Gasteiger partial charge in [-0.1, -0.05) is 6.07 Å². The largest absolute Gasteiger partial charge is 0.316 e. The molecule has 2 aromatic rings. The Balaban J connectivity index is 2.21. The van der Waals surface area contributed by atoms with E-state index in [1.165, 1.54) is 11.3 Å². The summed E-state index contributed by atoms with van der Waals surface area (Å²) in [6, 6.07) is 9.05. The van der Waals surface area contributed by atoms with Crippen molar-refractivity contribution in [3.63, 3.8) is 0 Å². The van der Waals surface area contributed by atoms with Crippen molar-refractivity contribution in [2.75, 3.05) is 18.0 Å². The minimum atomic E-state index is -3.50. The summed E-state index contributed by atoms with van der Waals surface area (Å²) in [4.78, 5) is 1.02. The van der Waals surface area contributed by atoms with Crippen LogP contribution in [0.1, 0.15) is 5.56 Å². The van der Waals surface area contributed by atoms with Gasteiger partial charge in [-0.25, -0.2) is 8.42 Å². The molecule has 0 saturated carbocycles. The summed E-state index contributed by atoms with van der Waals surface area (Å²) < 4.78 is 27.5. The second-order valence-corrected chi connectivity index (χ2v) is 7.84. The third-order valence-corrected chi connectivity index (χ3v) is 6.19. The normalized spacial score (nSPS) is 11.5. The van der Waals surface area contributed by atoms with Gasteiger partial charge in [-0.15, -0.1) is 23.1 Å². The van der Waals surface area contributed by atoms with Crippen LogP contribution in [-0.4, -0.2) is 21.7 Å². The van der Waals surface area contributed by atoms with Crippen molar-refractivity contribution in [1.82, 2.24) is 5.32 Å². The molecule has 0 aliphatic carbocycles. The number of hydrogen-bond donors (Lipinski definition) is 2. The maximum atomic E-state index is 12.3. The van der Waals surface area contributed by atoms with E-state index in [1.54, 1.807) is 23.9 Å². The maximum Gasteiger partial charge on any atom is 0.271 e. The van der Waals surface area contributed by atoms with Crippen LogP contribution in [0.4, 0.5) is 5.69 Å². The molecule has 0 saturated heterocycles. The molecule has 0 bridgehead atoms. The highest BCUT2D eigenvalue weighted by atomic mass is 32.2. The number of nitrogens with one attached hydrogen (secondary N) is 2. The molecule has 7 heteroatoms. The number of thioether (sulfide) groups is 1. The van der Waals surface area contributed by atoms with E-state index in [-0.39, 0.29) is 0 Å². The second-order valence-electron chi connectivity index (χ2n) is 4.14. The Labute approximate surface area is 127 Å². The molecule has 2 rings (SSSR count). The summed E-state index contributed by atoms with van der Waals surface area (Å²) in [5.74, 6) is 0. The van der Waals surface area contributed by atoms with Crippen LogP contribution in [0.15, 0.2) is 44.8 Å². The molecule has 4 nitrogen and oxygen atoms in total. The fraction of sp³-hybridized carbons (Fsp3) is 0.231. The monoisotopic (exact) mass is 328 g/mol. The third kappa shape index (κ3) is 3.76. The van der Waals surface area contributed by atoms with Crippen molar-refractivity contribution in [3.05, 3.63) is 41.3 Å². The molecule has 20 heavy (non-hydrogen) atoms. The van der Waals surface area contributed by atoms with E-state index < -0.39 is 10.0 Å². The highest BCUT2D eigenvalue weighted by Crippen LogP contribution is 2.25. The molecule has 0 aliphatic heterocycles. The van der Waals surface area contributed by atoms with Gasteiger partial charge in [-0.3, -0.25) is 4.72 Å². The standard InChI is InChI=1S/C13H16N2O2S3/c1-14-8-10-6-13(19-9-10)20(16,17)15-11-4-3-5-12(7-11)18-2/h3-7,9,14-15H,8H2,1-2H3. The fourth-order valence-electron chi connectivity index (χ4n) is 1.68. The van der Waals surface area contributed by atoms with Crippen molar-refractivity contribution in [2.24, 2.45) is 0 Å². The van der Waals surface area contributed by atoms with E-state index in [4.69, 9.17) is 0 Å². The maximum absolute atomic E-state index is 12.3. The van der Waals surface area contributed by atoms with Crippen LogP contribution in [0.25, 0.3) is 0 Å². The topological polar surface area (TPSA) is 58.2 Å². The lowest BCUT2D eigenvalue weighted by atomic mass is 10.3. The number of anilines is 1. The van der Waals surface area contributed by atoms with Gasteiger partial charge in [-0.2, -0.15) is 0 Å². The fourth-order valence-corrected chi connectivity index (χ4v) is 4.40. The molecule has 1 aromatic carbocycles. The molecule has 108 valence electrons. The first-order valence-electron chi connectivity index (χ1n) is 5.94. The molecule has 0 atom stereocenters. The van der Waals surface area contributed by atoms with Crippen LogP contribution in [-0.2, 0) is 16.6 Å². The Hall–Kier alpha value is -1.02. The molecule has 2 N–H and O–H groups in total. The Kier molecular flexibility index (Phi) is 5.09. The van der Waals surface area contributed by atoms with E-state index in [1.807, 2.05) is 36.9 Å². The summed E-state index contributed by atoms with van der Waals surface area (Å²) in [7, 11) is -1.67. The molecule has 0 fully saturated rings. The highest BCUT2D eigenvalue weighted by molar-refractivity contribution is 7.98.